The molecule has 1 aromatic carbocycles. The van der Waals surface area contributed by atoms with E-state index in [1.807, 2.05) is 6.07 Å². The van der Waals surface area contributed by atoms with E-state index in [-0.39, 0.29) is 5.82 Å². The second-order valence-corrected chi connectivity index (χ2v) is 3.79. The van der Waals surface area contributed by atoms with Crippen LogP contribution in [-0.2, 0) is 6.54 Å². The highest BCUT2D eigenvalue weighted by molar-refractivity contribution is 5.89. The third-order valence-electron chi connectivity index (χ3n) is 2.62. The Morgan fingerprint density at radius 2 is 2.17 bits per heavy atom. The topological polar surface area (TPSA) is 66.5 Å². The minimum absolute atomic E-state index is 0.333. The van der Waals surface area contributed by atoms with E-state index >= 15 is 0 Å². The van der Waals surface area contributed by atoms with Gasteiger partial charge in [-0.25, -0.2) is 14.4 Å². The van der Waals surface area contributed by atoms with Crippen molar-refractivity contribution < 1.29 is 4.39 Å². The number of hydrogen-bond acceptors (Lipinski definition) is 4. The first-order chi connectivity index (χ1) is 8.84. The molecule has 0 saturated heterocycles. The first-order valence-corrected chi connectivity index (χ1v) is 5.46. The summed E-state index contributed by atoms with van der Waals surface area (Å²) >= 11 is 0. The lowest BCUT2D eigenvalue weighted by molar-refractivity contribution is 0.639. The third-order valence-corrected chi connectivity index (χ3v) is 2.62. The molecule has 0 atom stereocenters. The Morgan fingerprint density at radius 3 is 3.00 bits per heavy atom. The Hall–Kier alpha value is -2.50. The molecule has 0 amide bonds. The summed E-state index contributed by atoms with van der Waals surface area (Å²) in [4.78, 5) is 8.11. The summed E-state index contributed by atoms with van der Waals surface area (Å²) in [5.41, 5.74) is 1.48. The Morgan fingerprint density at radius 1 is 1.22 bits per heavy atom. The van der Waals surface area contributed by atoms with Gasteiger partial charge in [-0.2, -0.15) is 5.10 Å². The van der Waals surface area contributed by atoms with Gasteiger partial charge < -0.3 is 5.32 Å². The molecule has 2 aromatic heterocycles. The monoisotopic (exact) mass is 243 g/mol. The van der Waals surface area contributed by atoms with Crippen molar-refractivity contribution in [3.63, 3.8) is 0 Å². The van der Waals surface area contributed by atoms with Crippen LogP contribution in [0.2, 0.25) is 0 Å². The van der Waals surface area contributed by atoms with E-state index in [1.54, 1.807) is 18.3 Å². The van der Waals surface area contributed by atoms with Crippen molar-refractivity contribution in [3.05, 3.63) is 48.3 Å². The first-order valence-electron chi connectivity index (χ1n) is 5.46. The van der Waals surface area contributed by atoms with E-state index in [9.17, 15) is 4.39 Å². The van der Waals surface area contributed by atoms with Crippen LogP contribution in [-0.4, -0.2) is 20.2 Å². The van der Waals surface area contributed by atoms with Crippen LogP contribution in [0.15, 0.2) is 36.8 Å². The fraction of sp³-hybridized carbons (Fsp3) is 0.0833. The van der Waals surface area contributed by atoms with Crippen molar-refractivity contribution in [3.8, 4) is 0 Å². The number of halogens is 1. The second-order valence-electron chi connectivity index (χ2n) is 3.79. The largest absolute Gasteiger partial charge is 0.364 e. The number of nitrogens with zero attached hydrogens (tertiary/aromatic N) is 3. The van der Waals surface area contributed by atoms with E-state index in [0.717, 1.165) is 5.69 Å². The molecule has 0 saturated carbocycles. The summed E-state index contributed by atoms with van der Waals surface area (Å²) in [6.45, 7) is 0.500. The van der Waals surface area contributed by atoms with Crippen molar-refractivity contribution in [2.75, 3.05) is 5.32 Å². The van der Waals surface area contributed by atoms with Gasteiger partial charge in [0.05, 0.1) is 23.1 Å². The fourth-order valence-corrected chi connectivity index (χ4v) is 1.76. The first kappa shape index (κ1) is 10.6. The van der Waals surface area contributed by atoms with Gasteiger partial charge >= 0.3 is 0 Å². The number of nitrogens with one attached hydrogen (secondary N) is 2. The maximum Gasteiger partial charge on any atom is 0.140 e. The minimum Gasteiger partial charge on any atom is -0.364 e. The highest BCUT2D eigenvalue weighted by atomic mass is 19.1. The fourth-order valence-electron chi connectivity index (χ4n) is 1.76. The molecule has 2 N–H and O–H groups in total. The predicted molar refractivity (Wildman–Crippen MR) is 65.4 cm³/mol. The molecule has 0 aliphatic rings. The predicted octanol–water partition coefficient (Wildman–Crippen LogP) is 2.10. The van der Waals surface area contributed by atoms with Gasteiger partial charge in [-0.1, -0.05) is 6.07 Å². The van der Waals surface area contributed by atoms with Gasteiger partial charge in [-0.05, 0) is 18.2 Å². The number of H-pyrrole nitrogens is 1. The Bertz CT molecular complexity index is 660. The van der Waals surface area contributed by atoms with Crippen LogP contribution in [0.3, 0.4) is 0 Å². The van der Waals surface area contributed by atoms with Gasteiger partial charge in [0.2, 0.25) is 0 Å². The lowest BCUT2D eigenvalue weighted by Crippen LogP contribution is -2.03. The Kier molecular flexibility index (Phi) is 2.60. The zero-order valence-corrected chi connectivity index (χ0v) is 9.39. The average Bonchev–Trinajstić information content (AvgIpc) is 2.89. The van der Waals surface area contributed by atoms with Gasteiger partial charge in [0.1, 0.15) is 18.0 Å². The molecule has 3 rings (SSSR count). The summed E-state index contributed by atoms with van der Waals surface area (Å²) in [5.74, 6) is 0.146. The van der Waals surface area contributed by atoms with E-state index < -0.39 is 0 Å². The van der Waals surface area contributed by atoms with Crippen LogP contribution in [0.1, 0.15) is 5.69 Å². The molecule has 0 radical (unpaired) electrons. The molecule has 0 aliphatic heterocycles. The lowest BCUT2D eigenvalue weighted by atomic mass is 10.2. The van der Waals surface area contributed by atoms with Gasteiger partial charge in [0, 0.05) is 6.20 Å². The summed E-state index contributed by atoms with van der Waals surface area (Å²) in [6.07, 6.45) is 3.08. The van der Waals surface area contributed by atoms with E-state index in [4.69, 9.17) is 0 Å². The smallest absolute Gasteiger partial charge is 0.140 e. The SMILES string of the molecule is Fc1cccc2ncnc(NCc3ccn[nH]3)c12. The number of hydrogen-bond donors (Lipinski definition) is 2. The maximum atomic E-state index is 13.8. The Labute approximate surface area is 102 Å². The number of anilines is 1. The highest BCUT2D eigenvalue weighted by Gasteiger charge is 2.08. The van der Waals surface area contributed by atoms with Crippen molar-refractivity contribution in [1.82, 2.24) is 20.2 Å². The van der Waals surface area contributed by atoms with Crippen LogP contribution in [0.5, 0.6) is 0 Å². The standard InChI is InChI=1S/C12H10FN5/c13-9-2-1-3-10-11(9)12(16-7-15-10)14-6-8-4-5-17-18-8/h1-5,7H,6H2,(H,17,18)(H,14,15,16). The molecular weight excluding hydrogens is 233 g/mol. The van der Waals surface area contributed by atoms with Crippen LogP contribution in [0.25, 0.3) is 10.9 Å². The number of fused-ring (bicyclic) bond motifs is 1. The molecule has 0 unspecified atom stereocenters. The molecule has 2 heterocycles. The summed E-state index contributed by atoms with van der Waals surface area (Å²) in [7, 11) is 0. The maximum absolute atomic E-state index is 13.8. The lowest BCUT2D eigenvalue weighted by Gasteiger charge is -2.07. The molecule has 0 spiro atoms. The molecule has 3 aromatic rings. The Balaban J connectivity index is 1.96. The molecule has 0 bridgehead atoms. The quantitative estimate of drug-likeness (QED) is 0.739. The van der Waals surface area contributed by atoms with Crippen molar-refractivity contribution in [2.24, 2.45) is 0 Å². The number of aromatic amines is 1. The number of rotatable bonds is 3. The zero-order valence-electron chi connectivity index (χ0n) is 9.39. The zero-order chi connectivity index (χ0) is 12.4. The van der Waals surface area contributed by atoms with Gasteiger partial charge in [0.25, 0.3) is 0 Å². The molecule has 90 valence electrons. The van der Waals surface area contributed by atoms with Crippen molar-refractivity contribution in [1.29, 1.82) is 0 Å². The van der Waals surface area contributed by atoms with E-state index in [1.165, 1.54) is 12.4 Å². The van der Waals surface area contributed by atoms with E-state index in [0.29, 0.717) is 23.3 Å². The minimum atomic E-state index is -0.333. The molecule has 18 heavy (non-hydrogen) atoms. The average molecular weight is 243 g/mol. The molecule has 0 fully saturated rings. The molecule has 5 nitrogen and oxygen atoms in total. The highest BCUT2D eigenvalue weighted by Crippen LogP contribution is 2.22. The third kappa shape index (κ3) is 1.88. The molecule has 0 aliphatic carbocycles. The van der Waals surface area contributed by atoms with Crippen molar-refractivity contribution in [2.45, 2.75) is 6.54 Å². The van der Waals surface area contributed by atoms with Gasteiger partial charge in [-0.15, -0.1) is 0 Å². The summed E-state index contributed by atoms with van der Waals surface area (Å²) < 4.78 is 13.8. The van der Waals surface area contributed by atoms with Crippen LogP contribution in [0, 0.1) is 5.82 Å². The van der Waals surface area contributed by atoms with Crippen LogP contribution in [0.4, 0.5) is 10.2 Å². The van der Waals surface area contributed by atoms with Crippen LogP contribution < -0.4 is 5.32 Å². The molecule has 6 heteroatoms. The van der Waals surface area contributed by atoms with Crippen molar-refractivity contribution >= 4 is 16.7 Å². The van der Waals surface area contributed by atoms with Gasteiger partial charge in [-0.3, -0.25) is 5.10 Å². The normalized spacial score (nSPS) is 10.7. The van der Waals surface area contributed by atoms with Gasteiger partial charge in [0.15, 0.2) is 0 Å². The second kappa shape index (κ2) is 4.40. The molecular formula is C12H10FN5. The number of benzene rings is 1. The van der Waals surface area contributed by atoms with E-state index in [2.05, 4.69) is 25.5 Å². The summed E-state index contributed by atoms with van der Waals surface area (Å²) in [6, 6.07) is 6.62. The number of aromatic nitrogens is 4. The summed E-state index contributed by atoms with van der Waals surface area (Å²) in [5, 5.41) is 10.1. The van der Waals surface area contributed by atoms with Crippen LogP contribution >= 0.6 is 0 Å².